The number of ether oxygens (including phenoxy) is 2. The predicted octanol–water partition coefficient (Wildman–Crippen LogP) is 7.63. The fourth-order valence-electron chi connectivity index (χ4n) is 4.70. The molecule has 0 aromatic heterocycles. The summed E-state index contributed by atoms with van der Waals surface area (Å²) in [5, 5.41) is 0. The van der Waals surface area contributed by atoms with Crippen LogP contribution in [-0.2, 0) is 29.5 Å². The largest absolute Gasteiger partial charge is 0.418 e. The van der Waals surface area contributed by atoms with Crippen LogP contribution in [0.25, 0.3) is 11.1 Å². The van der Waals surface area contributed by atoms with Crippen molar-refractivity contribution in [1.82, 2.24) is 3.71 Å². The Bertz CT molecular complexity index is 1630. The standard InChI is InChI=1S/C34H36F3NO6S2/c35-34(36,37)33(30-22-20-29(21-23-30)28-14-4-1-5-15-28)44-27-13-12-26-43-25-11-10-24-38(45(39,40)31-16-6-2-7-17-31)46(41,42)32-18-8-3-9-19-32/h1-9,14-23,33H,10-13,24-27H2. The van der Waals surface area contributed by atoms with Crippen molar-refractivity contribution in [3.63, 3.8) is 0 Å². The van der Waals surface area contributed by atoms with E-state index in [2.05, 4.69) is 0 Å². The number of rotatable bonds is 17. The molecule has 0 fully saturated rings. The normalized spacial score (nSPS) is 13.1. The van der Waals surface area contributed by atoms with Crippen LogP contribution in [0.15, 0.2) is 125 Å². The van der Waals surface area contributed by atoms with Gasteiger partial charge >= 0.3 is 6.18 Å². The Kier molecular flexibility index (Phi) is 12.5. The van der Waals surface area contributed by atoms with Gasteiger partial charge in [-0.2, -0.15) is 13.2 Å². The molecule has 1 atom stereocenters. The minimum atomic E-state index is -4.57. The molecule has 12 heteroatoms. The number of alkyl halides is 3. The maximum atomic E-state index is 13.7. The van der Waals surface area contributed by atoms with Crippen LogP contribution < -0.4 is 0 Å². The highest BCUT2D eigenvalue weighted by Crippen LogP contribution is 2.36. The van der Waals surface area contributed by atoms with Crippen molar-refractivity contribution >= 4 is 20.0 Å². The van der Waals surface area contributed by atoms with Gasteiger partial charge in [-0.15, -0.1) is 0 Å². The Balaban J connectivity index is 1.22. The van der Waals surface area contributed by atoms with Crippen molar-refractivity contribution in [2.24, 2.45) is 0 Å². The van der Waals surface area contributed by atoms with E-state index in [1.807, 2.05) is 30.3 Å². The van der Waals surface area contributed by atoms with Gasteiger partial charge in [-0.1, -0.05) is 94.7 Å². The fraction of sp³-hybridized carbons (Fsp3) is 0.294. The van der Waals surface area contributed by atoms with Crippen molar-refractivity contribution in [3.05, 3.63) is 121 Å². The second kappa shape index (κ2) is 16.3. The van der Waals surface area contributed by atoms with Crippen LogP contribution >= 0.6 is 0 Å². The van der Waals surface area contributed by atoms with E-state index in [-0.39, 0.29) is 48.1 Å². The molecule has 0 radical (unpaired) electrons. The zero-order valence-corrected chi connectivity index (χ0v) is 26.7. The van der Waals surface area contributed by atoms with Crippen molar-refractivity contribution in [3.8, 4) is 11.1 Å². The van der Waals surface area contributed by atoms with Gasteiger partial charge in [-0.3, -0.25) is 0 Å². The molecule has 0 heterocycles. The summed E-state index contributed by atoms with van der Waals surface area (Å²) in [6.07, 6.45) is -5.24. The van der Waals surface area contributed by atoms with Crippen LogP contribution in [0.1, 0.15) is 37.4 Å². The van der Waals surface area contributed by atoms with Crippen molar-refractivity contribution in [1.29, 1.82) is 0 Å². The maximum absolute atomic E-state index is 13.7. The van der Waals surface area contributed by atoms with Crippen LogP contribution in [0.5, 0.6) is 0 Å². The molecule has 0 N–H and O–H groups in total. The highest BCUT2D eigenvalue weighted by atomic mass is 32.3. The molecule has 4 aromatic rings. The van der Waals surface area contributed by atoms with E-state index < -0.39 is 32.3 Å². The van der Waals surface area contributed by atoms with Crippen LogP contribution in [-0.4, -0.2) is 53.1 Å². The summed E-state index contributed by atoms with van der Waals surface area (Å²) in [6.45, 7) is 0.0962. The minimum Gasteiger partial charge on any atom is -0.381 e. The maximum Gasteiger partial charge on any atom is 0.418 e. The molecule has 7 nitrogen and oxygen atoms in total. The van der Waals surface area contributed by atoms with E-state index in [0.717, 1.165) is 11.1 Å². The van der Waals surface area contributed by atoms with Crippen molar-refractivity contribution in [2.45, 2.75) is 47.8 Å². The molecule has 0 aliphatic carbocycles. The Labute approximate surface area is 268 Å². The third-order valence-electron chi connectivity index (χ3n) is 7.08. The molecule has 4 rings (SSSR count). The Morgan fingerprint density at radius 2 is 1.00 bits per heavy atom. The lowest BCUT2D eigenvalue weighted by Crippen LogP contribution is -2.37. The third-order valence-corrected chi connectivity index (χ3v) is 11.4. The van der Waals surface area contributed by atoms with Gasteiger partial charge in [0.1, 0.15) is 0 Å². The first-order valence-corrected chi connectivity index (χ1v) is 17.7. The van der Waals surface area contributed by atoms with Crippen molar-refractivity contribution in [2.75, 3.05) is 26.4 Å². The smallest absolute Gasteiger partial charge is 0.381 e. The van der Waals surface area contributed by atoms with Crippen LogP contribution in [0.3, 0.4) is 0 Å². The molecule has 1 unspecified atom stereocenters. The zero-order chi connectivity index (χ0) is 33.0. The number of hydrogen-bond donors (Lipinski definition) is 0. The number of nitrogens with zero attached hydrogens (tertiary/aromatic N) is 1. The summed E-state index contributed by atoms with van der Waals surface area (Å²) >= 11 is 0. The lowest BCUT2D eigenvalue weighted by Gasteiger charge is -2.22. The van der Waals surface area contributed by atoms with Gasteiger partial charge in [0.2, 0.25) is 0 Å². The summed E-state index contributed by atoms with van der Waals surface area (Å²) in [6, 6.07) is 30.2. The van der Waals surface area contributed by atoms with Gasteiger partial charge < -0.3 is 9.47 Å². The van der Waals surface area contributed by atoms with Gasteiger partial charge in [0, 0.05) is 26.4 Å². The molecule has 46 heavy (non-hydrogen) atoms. The molecule has 246 valence electrons. The van der Waals surface area contributed by atoms with E-state index in [9.17, 15) is 30.0 Å². The van der Waals surface area contributed by atoms with E-state index in [0.29, 0.717) is 23.0 Å². The Morgan fingerprint density at radius 3 is 1.50 bits per heavy atom. The van der Waals surface area contributed by atoms with Gasteiger partial charge in [0.25, 0.3) is 20.0 Å². The molecule has 0 saturated heterocycles. The molecular weight excluding hydrogens is 640 g/mol. The van der Waals surface area contributed by atoms with Crippen LogP contribution in [0.4, 0.5) is 13.2 Å². The number of hydrogen-bond acceptors (Lipinski definition) is 6. The minimum absolute atomic E-state index is 0.0287. The second-order valence-electron chi connectivity index (χ2n) is 10.4. The van der Waals surface area contributed by atoms with Gasteiger partial charge in [-0.25, -0.2) is 16.8 Å². The van der Waals surface area contributed by atoms with Crippen LogP contribution in [0.2, 0.25) is 0 Å². The highest BCUT2D eigenvalue weighted by molar-refractivity contribution is 8.04. The average Bonchev–Trinajstić information content (AvgIpc) is 3.06. The summed E-state index contributed by atoms with van der Waals surface area (Å²) in [5.74, 6) is 0. The molecule has 4 aromatic carbocycles. The first-order valence-electron chi connectivity index (χ1n) is 14.8. The van der Waals surface area contributed by atoms with Crippen LogP contribution in [0, 0.1) is 0 Å². The number of halogens is 3. The SMILES string of the molecule is O=S(=O)(c1ccccc1)N(CCCCOCCCCOC(c1ccc(-c2ccccc2)cc1)C(F)(F)F)S(=O)(=O)c1ccccc1. The predicted molar refractivity (Wildman–Crippen MR) is 170 cm³/mol. The van der Waals surface area contributed by atoms with Gasteiger partial charge in [0.05, 0.1) is 9.79 Å². The molecule has 0 aliphatic rings. The summed E-state index contributed by atoms with van der Waals surface area (Å²) in [4.78, 5) is -0.269. The second-order valence-corrected chi connectivity index (χ2v) is 14.4. The summed E-state index contributed by atoms with van der Waals surface area (Å²) in [7, 11) is -8.71. The molecule has 0 aliphatic heterocycles. The number of benzene rings is 4. The molecule has 0 saturated carbocycles. The summed E-state index contributed by atoms with van der Waals surface area (Å²) < 4.78 is 106. The zero-order valence-electron chi connectivity index (χ0n) is 25.1. The monoisotopic (exact) mass is 675 g/mol. The molecular formula is C34H36F3NO6S2. The Morgan fingerprint density at radius 1 is 0.565 bits per heavy atom. The number of sulfonamides is 2. The summed E-state index contributed by atoms with van der Waals surface area (Å²) in [5.41, 5.74) is 1.75. The van der Waals surface area contributed by atoms with E-state index in [1.165, 1.54) is 60.7 Å². The highest BCUT2D eigenvalue weighted by Gasteiger charge is 2.41. The molecule has 0 spiro atoms. The first kappa shape index (κ1) is 35.3. The quantitative estimate of drug-likeness (QED) is 0.107. The van der Waals surface area contributed by atoms with Gasteiger partial charge in [-0.05, 0) is 66.6 Å². The first-order chi connectivity index (χ1) is 22.0. The van der Waals surface area contributed by atoms with E-state index in [1.54, 1.807) is 24.3 Å². The lowest BCUT2D eigenvalue weighted by atomic mass is 10.0. The Hall–Kier alpha value is -3.55. The average molecular weight is 676 g/mol. The lowest BCUT2D eigenvalue weighted by molar-refractivity contribution is -0.224. The van der Waals surface area contributed by atoms with E-state index >= 15 is 0 Å². The fourth-order valence-corrected chi connectivity index (χ4v) is 8.47. The topological polar surface area (TPSA) is 90.0 Å². The third kappa shape index (κ3) is 9.49. The molecule has 0 amide bonds. The van der Waals surface area contributed by atoms with Crippen molar-refractivity contribution < 1.29 is 39.5 Å². The molecule has 0 bridgehead atoms. The van der Waals surface area contributed by atoms with E-state index in [4.69, 9.17) is 9.47 Å². The van der Waals surface area contributed by atoms with Gasteiger partial charge in [0.15, 0.2) is 6.10 Å². The number of unbranched alkanes of at least 4 members (excludes halogenated alkanes) is 2.